The Morgan fingerprint density at radius 2 is 1.97 bits per heavy atom. The predicted octanol–water partition coefficient (Wildman–Crippen LogP) is 4.41. The molecular formula is C28H21ClN2O6S. The number of aromatic nitrogens is 1. The number of carboxylic acid groups (broad SMARTS) is 1. The number of benzene rings is 2. The first-order valence-electron chi connectivity index (χ1n) is 11.7. The smallest absolute Gasteiger partial charge is 0.338 e. The number of furan rings is 1. The second-order valence-electron chi connectivity index (χ2n) is 8.41. The zero-order valence-corrected chi connectivity index (χ0v) is 21.9. The van der Waals surface area contributed by atoms with Crippen molar-refractivity contribution in [3.63, 3.8) is 0 Å². The molecule has 1 aliphatic heterocycles. The van der Waals surface area contributed by atoms with Crippen LogP contribution >= 0.6 is 22.9 Å². The third-order valence-corrected chi connectivity index (χ3v) is 7.34. The van der Waals surface area contributed by atoms with E-state index < -0.39 is 18.0 Å². The van der Waals surface area contributed by atoms with Crippen LogP contribution in [0.15, 0.2) is 86.1 Å². The topological polar surface area (TPSA) is 111 Å². The second-order valence-corrected chi connectivity index (χ2v) is 9.83. The van der Waals surface area contributed by atoms with Crippen LogP contribution < -0.4 is 14.9 Å². The number of esters is 1. The SMILES string of the molecule is CCOC(=O)C1=C(C)N=c2s/c(=C\c3ccc(-c4cccc(C(=O)O)c4)o3)c(=O)n2[C@@H]1c1ccccc1Cl. The molecule has 5 rings (SSSR count). The minimum atomic E-state index is -1.04. The van der Waals surface area contributed by atoms with Crippen molar-refractivity contribution in [2.75, 3.05) is 6.61 Å². The highest BCUT2D eigenvalue weighted by atomic mass is 35.5. The number of carbonyl (C=O) groups excluding carboxylic acids is 1. The number of ether oxygens (including phenoxy) is 1. The van der Waals surface area contributed by atoms with Crippen LogP contribution in [0.25, 0.3) is 17.4 Å². The maximum absolute atomic E-state index is 13.7. The maximum atomic E-state index is 13.7. The third kappa shape index (κ3) is 4.62. The van der Waals surface area contributed by atoms with E-state index in [2.05, 4.69) is 4.99 Å². The van der Waals surface area contributed by atoms with E-state index in [0.29, 0.717) is 42.7 Å². The average Bonchev–Trinajstić information content (AvgIpc) is 3.48. The van der Waals surface area contributed by atoms with E-state index in [0.717, 1.165) is 11.3 Å². The highest BCUT2D eigenvalue weighted by Gasteiger charge is 2.34. The number of hydrogen-bond acceptors (Lipinski definition) is 7. The molecule has 2 aromatic carbocycles. The van der Waals surface area contributed by atoms with Crippen molar-refractivity contribution in [1.29, 1.82) is 0 Å². The van der Waals surface area contributed by atoms with Crippen LogP contribution in [-0.4, -0.2) is 28.2 Å². The summed E-state index contributed by atoms with van der Waals surface area (Å²) in [4.78, 5) is 43.0. The van der Waals surface area contributed by atoms with Crippen LogP contribution in [-0.2, 0) is 9.53 Å². The summed E-state index contributed by atoms with van der Waals surface area (Å²) >= 11 is 7.69. The average molecular weight is 549 g/mol. The van der Waals surface area contributed by atoms with Gasteiger partial charge in [-0.3, -0.25) is 9.36 Å². The summed E-state index contributed by atoms with van der Waals surface area (Å²) in [5.41, 5.74) is 1.65. The monoisotopic (exact) mass is 548 g/mol. The largest absolute Gasteiger partial charge is 0.478 e. The summed E-state index contributed by atoms with van der Waals surface area (Å²) in [6.07, 6.45) is 1.60. The van der Waals surface area contributed by atoms with Crippen LogP contribution in [0.4, 0.5) is 0 Å². The van der Waals surface area contributed by atoms with Gasteiger partial charge < -0.3 is 14.3 Å². The summed E-state index contributed by atoms with van der Waals surface area (Å²) in [6.45, 7) is 3.59. The lowest BCUT2D eigenvalue weighted by Crippen LogP contribution is -2.40. The molecule has 1 atom stereocenters. The molecule has 1 N–H and O–H groups in total. The van der Waals surface area contributed by atoms with E-state index in [4.69, 9.17) is 20.8 Å². The zero-order chi connectivity index (χ0) is 27.0. The van der Waals surface area contributed by atoms with Gasteiger partial charge in [0.15, 0.2) is 4.80 Å². The lowest BCUT2D eigenvalue weighted by atomic mass is 9.96. The number of hydrogen-bond donors (Lipinski definition) is 1. The van der Waals surface area contributed by atoms with Gasteiger partial charge >= 0.3 is 11.9 Å². The number of rotatable bonds is 6. The summed E-state index contributed by atoms with van der Waals surface area (Å²) in [5.74, 6) is -0.736. The van der Waals surface area contributed by atoms with E-state index in [-0.39, 0.29) is 23.3 Å². The number of carboxylic acids is 1. The van der Waals surface area contributed by atoms with Crippen molar-refractivity contribution in [2.24, 2.45) is 4.99 Å². The van der Waals surface area contributed by atoms with Crippen LogP contribution in [0.1, 0.15) is 41.6 Å². The van der Waals surface area contributed by atoms with Gasteiger partial charge in [-0.05, 0) is 49.7 Å². The van der Waals surface area contributed by atoms with Crippen molar-refractivity contribution < 1.29 is 23.8 Å². The minimum absolute atomic E-state index is 0.140. The van der Waals surface area contributed by atoms with Crippen LogP contribution in [0.2, 0.25) is 5.02 Å². The molecule has 4 aromatic rings. The van der Waals surface area contributed by atoms with E-state index in [1.165, 1.54) is 16.7 Å². The second kappa shape index (κ2) is 10.3. The first-order valence-corrected chi connectivity index (χ1v) is 12.9. The zero-order valence-electron chi connectivity index (χ0n) is 20.3. The van der Waals surface area contributed by atoms with E-state index in [1.54, 1.807) is 68.5 Å². The molecule has 3 heterocycles. The van der Waals surface area contributed by atoms with Gasteiger partial charge in [-0.2, -0.15) is 0 Å². The number of thiazole rings is 1. The Kier molecular flexibility index (Phi) is 6.88. The molecule has 0 aliphatic carbocycles. The number of halogens is 1. The Balaban J connectivity index is 1.63. The molecule has 38 heavy (non-hydrogen) atoms. The standard InChI is InChI=1S/C28H21ClN2O6S/c1-3-36-27(35)23-15(2)30-28-31(24(23)19-9-4-5-10-20(19)29)25(32)22(38-28)14-18-11-12-21(37-18)16-7-6-8-17(13-16)26(33)34/h4-14,24H,3H2,1-2H3,(H,33,34)/b22-14-/t24-/m1/s1. The minimum Gasteiger partial charge on any atom is -0.478 e. The van der Waals surface area contributed by atoms with Gasteiger partial charge in [0.25, 0.3) is 5.56 Å². The molecule has 0 fully saturated rings. The van der Waals surface area contributed by atoms with Gasteiger partial charge in [0.1, 0.15) is 17.6 Å². The molecule has 192 valence electrons. The van der Waals surface area contributed by atoms with E-state index in [9.17, 15) is 19.5 Å². The Labute approximate surface area is 225 Å². The van der Waals surface area contributed by atoms with Crippen LogP contribution in [0.3, 0.4) is 0 Å². The lowest BCUT2D eigenvalue weighted by Gasteiger charge is -2.25. The summed E-state index contributed by atoms with van der Waals surface area (Å²) in [5, 5.41) is 9.67. The number of nitrogens with zero attached hydrogens (tertiary/aromatic N) is 2. The van der Waals surface area contributed by atoms with E-state index in [1.807, 2.05) is 0 Å². The Hall–Kier alpha value is -4.21. The van der Waals surface area contributed by atoms with Crippen LogP contribution in [0.5, 0.6) is 0 Å². The molecule has 1 aliphatic rings. The predicted molar refractivity (Wildman–Crippen MR) is 143 cm³/mol. The fraction of sp³-hybridized carbons (Fsp3) is 0.143. The molecule has 10 heteroatoms. The van der Waals surface area contributed by atoms with Crippen molar-refractivity contribution in [2.45, 2.75) is 19.9 Å². The third-order valence-electron chi connectivity index (χ3n) is 6.01. The van der Waals surface area contributed by atoms with Crippen molar-refractivity contribution in [3.05, 3.63) is 114 Å². The molecule has 0 saturated heterocycles. The van der Waals surface area contributed by atoms with Crippen LogP contribution in [0, 0.1) is 0 Å². The normalized spacial score (nSPS) is 15.2. The van der Waals surface area contributed by atoms with Gasteiger partial charge in [-0.25, -0.2) is 14.6 Å². The molecule has 0 bridgehead atoms. The van der Waals surface area contributed by atoms with Crippen molar-refractivity contribution in [3.8, 4) is 11.3 Å². The molecule has 8 nitrogen and oxygen atoms in total. The highest BCUT2D eigenvalue weighted by molar-refractivity contribution is 7.07. The Morgan fingerprint density at radius 3 is 2.71 bits per heavy atom. The fourth-order valence-electron chi connectivity index (χ4n) is 4.30. The van der Waals surface area contributed by atoms with Gasteiger partial charge in [0.2, 0.25) is 0 Å². The number of carbonyl (C=O) groups is 2. The first kappa shape index (κ1) is 25.4. The Bertz CT molecular complexity index is 1800. The van der Waals surface area contributed by atoms with Gasteiger partial charge in [-0.15, -0.1) is 0 Å². The molecule has 0 saturated carbocycles. The molecule has 2 aromatic heterocycles. The van der Waals surface area contributed by atoms with E-state index >= 15 is 0 Å². The quantitative estimate of drug-likeness (QED) is 0.357. The number of allylic oxidation sites excluding steroid dienone is 1. The molecule has 0 amide bonds. The fourth-order valence-corrected chi connectivity index (χ4v) is 5.57. The van der Waals surface area contributed by atoms with Crippen molar-refractivity contribution in [1.82, 2.24) is 4.57 Å². The number of fused-ring (bicyclic) bond motifs is 1. The number of aromatic carboxylic acids is 1. The lowest BCUT2D eigenvalue weighted by molar-refractivity contribution is -0.139. The summed E-state index contributed by atoms with van der Waals surface area (Å²) in [6, 6.07) is 16.0. The highest BCUT2D eigenvalue weighted by Crippen LogP contribution is 2.34. The summed E-state index contributed by atoms with van der Waals surface area (Å²) in [7, 11) is 0. The molecular weight excluding hydrogens is 528 g/mol. The molecule has 0 radical (unpaired) electrons. The molecule has 0 unspecified atom stereocenters. The van der Waals surface area contributed by atoms with Gasteiger partial charge in [-0.1, -0.05) is 53.3 Å². The van der Waals surface area contributed by atoms with Crippen molar-refractivity contribution >= 4 is 41.0 Å². The first-order chi connectivity index (χ1) is 18.3. The molecule has 0 spiro atoms. The maximum Gasteiger partial charge on any atom is 0.338 e. The van der Waals surface area contributed by atoms with Gasteiger partial charge in [0.05, 0.1) is 28.0 Å². The van der Waals surface area contributed by atoms with Gasteiger partial charge in [0, 0.05) is 16.7 Å². The Morgan fingerprint density at radius 1 is 1.18 bits per heavy atom. The summed E-state index contributed by atoms with van der Waals surface area (Å²) < 4.78 is 13.0.